The van der Waals surface area contributed by atoms with Crippen LogP contribution in [0, 0.1) is 11.8 Å². The van der Waals surface area contributed by atoms with E-state index < -0.39 is 26.6 Å². The van der Waals surface area contributed by atoms with E-state index in [0.29, 0.717) is 18.9 Å². The first-order chi connectivity index (χ1) is 9.51. The molecule has 7 N–H and O–H groups in total. The Morgan fingerprint density at radius 2 is 1.67 bits per heavy atom. The van der Waals surface area contributed by atoms with Gasteiger partial charge in [-0.3, -0.25) is 9.13 Å². The summed E-state index contributed by atoms with van der Waals surface area (Å²) in [7, 11) is -10.3. The lowest BCUT2D eigenvalue weighted by molar-refractivity contribution is 0.231. The van der Waals surface area contributed by atoms with E-state index >= 15 is 0 Å². The van der Waals surface area contributed by atoms with Gasteiger partial charge < -0.3 is 30.6 Å². The van der Waals surface area contributed by atoms with E-state index in [-0.39, 0.29) is 5.92 Å². The van der Waals surface area contributed by atoms with Crippen molar-refractivity contribution >= 4 is 27.8 Å². The van der Waals surface area contributed by atoms with Crippen LogP contribution < -0.4 is 11.1 Å². The smallest absolute Gasteiger partial charge is 0.323 e. The van der Waals surface area contributed by atoms with E-state index in [1.165, 1.54) is 0 Å². The van der Waals surface area contributed by atoms with Crippen molar-refractivity contribution in [3.8, 4) is 0 Å². The summed E-state index contributed by atoms with van der Waals surface area (Å²) < 4.78 is 22.9. The standard InChI is InChI=1S/C10H24N2O6P2S/c11-10(19(13,14)15,20(16,17)18)5-9-4-8(2-1-3-21)6-12-7-9/h8-9,12,21H,1-7,11H2,(H2,13,14,15)(H2,16,17,18). The third-order valence-corrected chi connectivity index (χ3v) is 8.16. The first-order valence-corrected chi connectivity index (χ1v) is 10.6. The maximum Gasteiger partial charge on any atom is 0.357 e. The fourth-order valence-electron chi connectivity index (χ4n) is 2.72. The molecule has 21 heavy (non-hydrogen) atoms. The van der Waals surface area contributed by atoms with Crippen molar-refractivity contribution in [3.05, 3.63) is 0 Å². The number of thiol groups is 1. The highest BCUT2D eigenvalue weighted by molar-refractivity contribution is 7.80. The van der Waals surface area contributed by atoms with Gasteiger partial charge in [0, 0.05) is 0 Å². The topological polar surface area (TPSA) is 153 Å². The monoisotopic (exact) mass is 362 g/mol. The first-order valence-electron chi connectivity index (χ1n) is 6.73. The Balaban J connectivity index is 2.81. The van der Waals surface area contributed by atoms with Crippen molar-refractivity contribution in [2.24, 2.45) is 17.6 Å². The van der Waals surface area contributed by atoms with Gasteiger partial charge in [-0.15, -0.1) is 0 Å². The van der Waals surface area contributed by atoms with Crippen LogP contribution in [0.4, 0.5) is 0 Å². The van der Waals surface area contributed by atoms with Crippen LogP contribution in [0.1, 0.15) is 25.7 Å². The molecule has 1 fully saturated rings. The summed E-state index contributed by atoms with van der Waals surface area (Å²) in [5.74, 6) is 0.773. The van der Waals surface area contributed by atoms with Crippen molar-refractivity contribution in [2.75, 3.05) is 18.8 Å². The van der Waals surface area contributed by atoms with Crippen molar-refractivity contribution < 1.29 is 28.7 Å². The van der Waals surface area contributed by atoms with Crippen LogP contribution in [0.15, 0.2) is 0 Å². The Kier molecular flexibility index (Phi) is 6.94. The van der Waals surface area contributed by atoms with Gasteiger partial charge in [-0.25, -0.2) is 0 Å². The lowest BCUT2D eigenvalue weighted by atomic mass is 9.86. The molecule has 1 rings (SSSR count). The summed E-state index contributed by atoms with van der Waals surface area (Å²) in [6, 6.07) is 0. The van der Waals surface area contributed by atoms with Crippen LogP contribution in [0.2, 0.25) is 0 Å². The first kappa shape index (κ1) is 19.6. The molecule has 0 amide bonds. The van der Waals surface area contributed by atoms with Crippen LogP contribution in [-0.4, -0.2) is 43.4 Å². The van der Waals surface area contributed by atoms with Gasteiger partial charge in [0.25, 0.3) is 0 Å². The number of hydrogen-bond acceptors (Lipinski definition) is 5. The Labute approximate surface area is 129 Å². The highest BCUT2D eigenvalue weighted by Gasteiger charge is 2.58. The van der Waals surface area contributed by atoms with Crippen LogP contribution >= 0.6 is 27.8 Å². The summed E-state index contributed by atoms with van der Waals surface area (Å²) >= 11 is 4.14. The minimum atomic E-state index is -5.14. The Morgan fingerprint density at radius 1 is 1.14 bits per heavy atom. The zero-order chi connectivity index (χ0) is 16.3. The molecule has 1 aliphatic rings. The summed E-state index contributed by atoms with van der Waals surface area (Å²) in [5.41, 5.74) is 5.46. The summed E-state index contributed by atoms with van der Waals surface area (Å²) in [5, 5.41) is 0.325. The molecule has 126 valence electrons. The second-order valence-corrected chi connectivity index (χ2v) is 10.2. The molecule has 2 atom stereocenters. The molecule has 0 aromatic carbocycles. The van der Waals surface area contributed by atoms with E-state index in [9.17, 15) is 28.7 Å². The number of piperidine rings is 1. The molecule has 2 unspecified atom stereocenters. The van der Waals surface area contributed by atoms with Crippen LogP contribution in [0.25, 0.3) is 0 Å². The predicted octanol–water partition coefficient (Wildman–Crippen LogP) is 0.280. The normalized spacial score (nSPS) is 25.0. The Hall–Kier alpha value is 0.570. The van der Waals surface area contributed by atoms with Crippen LogP contribution in [0.5, 0.6) is 0 Å². The average Bonchev–Trinajstić information content (AvgIpc) is 2.34. The van der Waals surface area contributed by atoms with E-state index in [2.05, 4.69) is 17.9 Å². The van der Waals surface area contributed by atoms with Crippen molar-refractivity contribution in [1.82, 2.24) is 5.32 Å². The van der Waals surface area contributed by atoms with Gasteiger partial charge in [0.05, 0.1) is 0 Å². The molecular formula is C10H24N2O6P2S. The highest BCUT2D eigenvalue weighted by atomic mass is 32.1. The van der Waals surface area contributed by atoms with Crippen molar-refractivity contribution in [3.63, 3.8) is 0 Å². The molecule has 1 aliphatic heterocycles. The van der Waals surface area contributed by atoms with Gasteiger partial charge in [0.1, 0.15) is 0 Å². The molecule has 0 saturated carbocycles. The summed E-state index contributed by atoms with van der Waals surface area (Å²) in [6.45, 7) is 1.23. The molecule has 0 radical (unpaired) electrons. The maximum atomic E-state index is 11.5. The van der Waals surface area contributed by atoms with Gasteiger partial charge in [0.15, 0.2) is 0 Å². The van der Waals surface area contributed by atoms with Gasteiger partial charge in [0.2, 0.25) is 5.02 Å². The summed E-state index contributed by atoms with van der Waals surface area (Å²) in [6.07, 6.45) is 2.06. The molecular weight excluding hydrogens is 338 g/mol. The molecule has 1 saturated heterocycles. The average molecular weight is 362 g/mol. The van der Waals surface area contributed by atoms with Gasteiger partial charge in [-0.2, -0.15) is 12.6 Å². The SMILES string of the molecule is NC(CC1CNCC(CCCS)C1)(P(=O)(O)O)P(=O)(O)O. The van der Waals surface area contributed by atoms with Gasteiger partial charge in [-0.05, 0) is 56.4 Å². The fourth-order valence-corrected chi connectivity index (χ4v) is 5.25. The minimum absolute atomic E-state index is 0.283. The molecule has 0 bridgehead atoms. The number of rotatable bonds is 7. The Morgan fingerprint density at radius 3 is 2.14 bits per heavy atom. The quantitative estimate of drug-likeness (QED) is 0.252. The number of nitrogens with two attached hydrogens (primary N) is 1. The summed E-state index contributed by atoms with van der Waals surface area (Å²) in [4.78, 5) is 37.1. The molecule has 0 aromatic rings. The van der Waals surface area contributed by atoms with E-state index in [4.69, 9.17) is 5.73 Å². The molecule has 8 nitrogen and oxygen atoms in total. The van der Waals surface area contributed by atoms with Gasteiger partial charge >= 0.3 is 15.2 Å². The molecule has 1 heterocycles. The molecule has 0 spiro atoms. The maximum absolute atomic E-state index is 11.5. The number of nitrogens with one attached hydrogen (secondary N) is 1. The van der Waals surface area contributed by atoms with Crippen molar-refractivity contribution in [1.29, 1.82) is 0 Å². The second kappa shape index (κ2) is 7.43. The minimum Gasteiger partial charge on any atom is -0.323 e. The zero-order valence-electron chi connectivity index (χ0n) is 11.6. The van der Waals surface area contributed by atoms with Crippen LogP contribution in [0.3, 0.4) is 0 Å². The highest BCUT2D eigenvalue weighted by Crippen LogP contribution is 2.68. The lowest BCUT2D eigenvalue weighted by Gasteiger charge is -2.37. The van der Waals surface area contributed by atoms with Crippen molar-refractivity contribution in [2.45, 2.75) is 30.7 Å². The van der Waals surface area contributed by atoms with E-state index in [1.807, 2.05) is 0 Å². The zero-order valence-corrected chi connectivity index (χ0v) is 14.3. The molecule has 0 aromatic heterocycles. The Bertz CT molecular complexity index is 417. The van der Waals surface area contributed by atoms with E-state index in [1.54, 1.807) is 0 Å². The molecule has 0 aliphatic carbocycles. The lowest BCUT2D eigenvalue weighted by Crippen LogP contribution is -2.45. The third kappa shape index (κ3) is 5.03. The van der Waals surface area contributed by atoms with Crippen LogP contribution in [-0.2, 0) is 9.13 Å². The second-order valence-electron chi connectivity index (χ2n) is 5.66. The molecule has 11 heteroatoms. The van der Waals surface area contributed by atoms with Gasteiger partial charge in [-0.1, -0.05) is 0 Å². The third-order valence-electron chi connectivity index (χ3n) is 3.90. The van der Waals surface area contributed by atoms with E-state index in [0.717, 1.165) is 25.1 Å². The predicted molar refractivity (Wildman–Crippen MR) is 83.2 cm³/mol. The fraction of sp³-hybridized carbons (Fsp3) is 1.00. The largest absolute Gasteiger partial charge is 0.357 e. The number of hydrogen-bond donors (Lipinski definition) is 7.